The molecule has 0 bridgehead atoms. The van der Waals surface area contributed by atoms with E-state index in [1.807, 2.05) is 6.92 Å². The number of hydrogen-bond acceptors (Lipinski definition) is 8. The SMILES string of the molecule is CCCC(=N)/C(N)=C(\NO)C(=O)N(N)C1CCC(CO)O1. The van der Waals surface area contributed by atoms with Crippen LogP contribution in [0.5, 0.6) is 0 Å². The van der Waals surface area contributed by atoms with Gasteiger partial charge in [0.25, 0.3) is 5.91 Å². The lowest BCUT2D eigenvalue weighted by Crippen LogP contribution is -2.49. The quantitative estimate of drug-likeness (QED) is 0.117. The number of hydrogen-bond donors (Lipinski definition) is 6. The highest BCUT2D eigenvalue weighted by Crippen LogP contribution is 2.21. The summed E-state index contributed by atoms with van der Waals surface area (Å²) in [4.78, 5) is 12.2. The molecule has 0 aromatic rings. The van der Waals surface area contributed by atoms with Crippen molar-refractivity contribution in [2.75, 3.05) is 6.61 Å². The van der Waals surface area contributed by atoms with Crippen molar-refractivity contribution in [3.63, 3.8) is 0 Å². The van der Waals surface area contributed by atoms with Gasteiger partial charge >= 0.3 is 0 Å². The molecule has 0 aromatic heterocycles. The number of hydrazine groups is 1. The number of nitrogens with zero attached hydrogens (tertiary/aromatic N) is 1. The summed E-state index contributed by atoms with van der Waals surface area (Å²) in [5.74, 6) is 4.92. The van der Waals surface area contributed by atoms with Crippen LogP contribution in [-0.4, -0.2) is 45.9 Å². The maximum absolute atomic E-state index is 12.2. The van der Waals surface area contributed by atoms with Gasteiger partial charge in [0.05, 0.1) is 24.1 Å². The Morgan fingerprint density at radius 1 is 1.52 bits per heavy atom. The van der Waals surface area contributed by atoms with Crippen LogP contribution in [0.4, 0.5) is 0 Å². The maximum Gasteiger partial charge on any atom is 0.290 e. The summed E-state index contributed by atoms with van der Waals surface area (Å²) >= 11 is 0. The van der Waals surface area contributed by atoms with Crippen molar-refractivity contribution in [2.24, 2.45) is 11.6 Å². The van der Waals surface area contributed by atoms with Gasteiger partial charge in [0.2, 0.25) is 0 Å². The molecular weight excluding hydrogens is 278 g/mol. The first-order chi connectivity index (χ1) is 9.96. The van der Waals surface area contributed by atoms with E-state index >= 15 is 0 Å². The third kappa shape index (κ3) is 4.14. The van der Waals surface area contributed by atoms with Crippen LogP contribution in [0.1, 0.15) is 32.6 Å². The number of nitrogens with two attached hydrogens (primary N) is 2. The maximum atomic E-state index is 12.2. The van der Waals surface area contributed by atoms with E-state index in [0.717, 1.165) is 5.01 Å². The number of aliphatic hydroxyl groups excluding tert-OH is 1. The van der Waals surface area contributed by atoms with E-state index < -0.39 is 12.1 Å². The minimum atomic E-state index is -0.778. The summed E-state index contributed by atoms with van der Waals surface area (Å²) in [5.41, 5.74) is 6.93. The summed E-state index contributed by atoms with van der Waals surface area (Å²) in [7, 11) is 0. The summed E-state index contributed by atoms with van der Waals surface area (Å²) < 4.78 is 5.38. The van der Waals surface area contributed by atoms with Crippen molar-refractivity contribution in [3.8, 4) is 0 Å². The molecule has 0 aliphatic carbocycles. The Labute approximate surface area is 123 Å². The predicted molar refractivity (Wildman–Crippen MR) is 74.8 cm³/mol. The standard InChI is InChI=1S/C12H23N5O4/c1-2-3-8(13)10(14)11(16-20)12(19)17(15)9-5-4-7(6-18)21-9/h7,9,13,16,18,20H,2-6,14-15H2,1H3/b11-10+,13-8?. The third-order valence-electron chi connectivity index (χ3n) is 3.25. The molecule has 9 nitrogen and oxygen atoms in total. The highest BCUT2D eigenvalue weighted by molar-refractivity contribution is 6.05. The molecule has 0 aromatic carbocycles. The van der Waals surface area contributed by atoms with E-state index in [1.54, 1.807) is 5.48 Å². The second kappa shape index (κ2) is 7.93. The van der Waals surface area contributed by atoms with E-state index in [2.05, 4.69) is 0 Å². The predicted octanol–water partition coefficient (Wildman–Crippen LogP) is -0.845. The van der Waals surface area contributed by atoms with Gasteiger partial charge in [-0.15, -0.1) is 0 Å². The van der Waals surface area contributed by atoms with Crippen molar-refractivity contribution < 1.29 is 19.8 Å². The van der Waals surface area contributed by atoms with E-state index in [9.17, 15) is 4.79 Å². The number of hydroxylamine groups is 1. The van der Waals surface area contributed by atoms with Crippen LogP contribution in [0.3, 0.4) is 0 Å². The van der Waals surface area contributed by atoms with E-state index in [1.165, 1.54) is 0 Å². The normalized spacial score (nSPS) is 22.7. The molecule has 1 heterocycles. The van der Waals surface area contributed by atoms with E-state index in [0.29, 0.717) is 25.7 Å². The lowest BCUT2D eigenvalue weighted by Gasteiger charge is -2.25. The molecule has 1 amide bonds. The van der Waals surface area contributed by atoms with Gasteiger partial charge in [0, 0.05) is 0 Å². The van der Waals surface area contributed by atoms with Crippen molar-refractivity contribution in [3.05, 3.63) is 11.4 Å². The Kier molecular flexibility index (Phi) is 6.56. The van der Waals surface area contributed by atoms with Crippen molar-refractivity contribution >= 4 is 11.6 Å². The molecule has 1 saturated heterocycles. The zero-order valence-corrected chi connectivity index (χ0v) is 12.0. The zero-order chi connectivity index (χ0) is 16.0. The van der Waals surface area contributed by atoms with Gasteiger partial charge in [-0.25, -0.2) is 10.9 Å². The minimum Gasteiger partial charge on any atom is -0.395 e. The number of allylic oxidation sites excluding steroid dienone is 1. The molecule has 2 unspecified atom stereocenters. The number of ether oxygens (including phenoxy) is 1. The zero-order valence-electron chi connectivity index (χ0n) is 12.0. The monoisotopic (exact) mass is 301 g/mol. The van der Waals surface area contributed by atoms with Gasteiger partial charge < -0.3 is 21.0 Å². The van der Waals surface area contributed by atoms with Crippen LogP contribution in [0.25, 0.3) is 0 Å². The summed E-state index contributed by atoms with van der Waals surface area (Å²) in [5, 5.41) is 26.6. The van der Waals surface area contributed by atoms with Gasteiger partial charge in [-0.1, -0.05) is 13.3 Å². The fraction of sp³-hybridized carbons (Fsp3) is 0.667. The first kappa shape index (κ1) is 17.4. The smallest absolute Gasteiger partial charge is 0.290 e. The van der Waals surface area contributed by atoms with Gasteiger partial charge in [-0.05, 0) is 19.3 Å². The summed E-state index contributed by atoms with van der Waals surface area (Å²) in [6.07, 6.45) is 1.04. The van der Waals surface area contributed by atoms with Crippen molar-refractivity contribution in [1.29, 1.82) is 5.41 Å². The van der Waals surface area contributed by atoms with Crippen LogP contribution >= 0.6 is 0 Å². The minimum absolute atomic E-state index is 0.0383. The molecule has 1 aliphatic rings. The summed E-state index contributed by atoms with van der Waals surface area (Å²) in [6.45, 7) is 1.72. The lowest BCUT2D eigenvalue weighted by molar-refractivity contribution is -0.144. The van der Waals surface area contributed by atoms with Gasteiger partial charge in [0.15, 0.2) is 5.70 Å². The number of amides is 1. The van der Waals surface area contributed by atoms with E-state index in [-0.39, 0.29) is 29.8 Å². The van der Waals surface area contributed by atoms with Crippen LogP contribution in [-0.2, 0) is 9.53 Å². The lowest BCUT2D eigenvalue weighted by atomic mass is 10.1. The second-order valence-corrected chi connectivity index (χ2v) is 4.81. The van der Waals surface area contributed by atoms with Crippen LogP contribution in [0.15, 0.2) is 11.4 Å². The summed E-state index contributed by atoms with van der Waals surface area (Å²) in [6, 6.07) is 0. The average Bonchev–Trinajstić information content (AvgIpc) is 2.96. The third-order valence-corrected chi connectivity index (χ3v) is 3.25. The molecule has 1 fully saturated rings. The van der Waals surface area contributed by atoms with Crippen LogP contribution < -0.4 is 17.1 Å². The largest absolute Gasteiger partial charge is 0.395 e. The molecular formula is C12H23N5O4. The van der Waals surface area contributed by atoms with Crippen LogP contribution in [0.2, 0.25) is 0 Å². The molecule has 1 aliphatic heterocycles. The van der Waals surface area contributed by atoms with Gasteiger partial charge in [-0.3, -0.25) is 15.5 Å². The fourth-order valence-corrected chi connectivity index (χ4v) is 2.04. The Balaban J connectivity index is 2.83. The Hall–Kier alpha value is -1.68. The number of rotatable bonds is 7. The van der Waals surface area contributed by atoms with Gasteiger partial charge in [-0.2, -0.15) is 0 Å². The first-order valence-corrected chi connectivity index (χ1v) is 6.78. The molecule has 9 heteroatoms. The molecule has 21 heavy (non-hydrogen) atoms. The Bertz CT molecular complexity index is 426. The van der Waals surface area contributed by atoms with Gasteiger partial charge in [0.1, 0.15) is 6.23 Å². The first-order valence-electron chi connectivity index (χ1n) is 6.78. The number of carbonyl (C=O) groups excluding carboxylic acids is 1. The topological polar surface area (TPSA) is 158 Å². The average molecular weight is 301 g/mol. The number of nitrogens with one attached hydrogen (secondary N) is 2. The highest BCUT2D eigenvalue weighted by atomic mass is 16.5. The Morgan fingerprint density at radius 3 is 2.67 bits per heavy atom. The Morgan fingerprint density at radius 2 is 2.19 bits per heavy atom. The van der Waals surface area contributed by atoms with E-state index in [4.69, 9.17) is 32.0 Å². The fourth-order valence-electron chi connectivity index (χ4n) is 2.04. The van der Waals surface area contributed by atoms with Crippen molar-refractivity contribution in [2.45, 2.75) is 44.9 Å². The second-order valence-electron chi connectivity index (χ2n) is 4.81. The molecule has 0 spiro atoms. The highest BCUT2D eigenvalue weighted by Gasteiger charge is 2.33. The number of carbonyl (C=O) groups is 1. The number of aliphatic hydroxyl groups is 1. The molecule has 0 radical (unpaired) electrons. The van der Waals surface area contributed by atoms with Crippen LogP contribution in [0, 0.1) is 5.41 Å². The molecule has 2 atom stereocenters. The van der Waals surface area contributed by atoms with Crippen molar-refractivity contribution in [1.82, 2.24) is 10.5 Å². The molecule has 8 N–H and O–H groups in total. The molecule has 120 valence electrons. The molecule has 0 saturated carbocycles. The molecule has 1 rings (SSSR count).